The average molecular weight is 278 g/mol. The minimum atomic E-state index is 0.216. The molecule has 0 aliphatic carbocycles. The molecule has 4 N–H and O–H groups in total. The van der Waals surface area contributed by atoms with Gasteiger partial charge in [-0.05, 0) is 29.5 Å². The molecule has 0 radical (unpaired) electrons. The van der Waals surface area contributed by atoms with E-state index in [1.165, 1.54) is 5.56 Å². The Labute approximate surface area is 123 Å². The van der Waals surface area contributed by atoms with E-state index in [4.69, 9.17) is 11.5 Å². The Kier molecular flexibility index (Phi) is 3.44. The van der Waals surface area contributed by atoms with Gasteiger partial charge in [-0.1, -0.05) is 49.4 Å². The van der Waals surface area contributed by atoms with Gasteiger partial charge in [0, 0.05) is 5.39 Å². The molecule has 0 bridgehead atoms. The van der Waals surface area contributed by atoms with Gasteiger partial charge in [0.15, 0.2) is 0 Å². The van der Waals surface area contributed by atoms with Crippen LogP contribution in [0.1, 0.15) is 24.0 Å². The van der Waals surface area contributed by atoms with Crippen LogP contribution in [-0.4, -0.2) is 9.97 Å². The molecule has 0 aliphatic heterocycles. The third-order valence-corrected chi connectivity index (χ3v) is 3.75. The van der Waals surface area contributed by atoms with Gasteiger partial charge < -0.3 is 11.5 Å². The van der Waals surface area contributed by atoms with Gasteiger partial charge in [-0.15, -0.1) is 0 Å². The maximum atomic E-state index is 6.04. The lowest BCUT2D eigenvalue weighted by Gasteiger charge is -2.14. The number of benzene rings is 2. The van der Waals surface area contributed by atoms with Crippen molar-refractivity contribution in [1.82, 2.24) is 9.97 Å². The molecule has 1 atom stereocenters. The van der Waals surface area contributed by atoms with Crippen molar-refractivity contribution >= 4 is 22.7 Å². The van der Waals surface area contributed by atoms with Gasteiger partial charge in [-0.3, -0.25) is 0 Å². The highest BCUT2D eigenvalue weighted by Gasteiger charge is 2.12. The topological polar surface area (TPSA) is 77.8 Å². The van der Waals surface area contributed by atoms with Crippen molar-refractivity contribution in [2.24, 2.45) is 0 Å². The Morgan fingerprint density at radius 2 is 1.71 bits per heavy atom. The normalized spacial score (nSPS) is 12.4. The van der Waals surface area contributed by atoms with Gasteiger partial charge in [-0.25, -0.2) is 4.98 Å². The minimum absolute atomic E-state index is 0.216. The van der Waals surface area contributed by atoms with Gasteiger partial charge in [0.25, 0.3) is 0 Å². The van der Waals surface area contributed by atoms with Crippen molar-refractivity contribution in [1.29, 1.82) is 0 Å². The van der Waals surface area contributed by atoms with Crippen LogP contribution < -0.4 is 11.5 Å². The maximum Gasteiger partial charge on any atom is 0.222 e. The van der Waals surface area contributed by atoms with Crippen LogP contribution in [0.15, 0.2) is 48.5 Å². The van der Waals surface area contributed by atoms with Gasteiger partial charge in [0.05, 0.1) is 5.52 Å². The first-order chi connectivity index (χ1) is 10.1. The standard InChI is InChI=1S/C17H18N4/c1-11(12-6-3-2-4-7-12)10-13-8-5-9-14-15(13)16(18)21-17(19)20-14/h2-9,11H,10H2,1H3,(H4,18,19,20,21). The van der Waals surface area contributed by atoms with Crippen LogP contribution in [0.25, 0.3) is 10.9 Å². The van der Waals surface area contributed by atoms with Crippen molar-refractivity contribution in [3.63, 3.8) is 0 Å². The first kappa shape index (κ1) is 13.4. The van der Waals surface area contributed by atoms with E-state index >= 15 is 0 Å². The fraction of sp³-hybridized carbons (Fsp3) is 0.176. The summed E-state index contributed by atoms with van der Waals surface area (Å²) in [6.45, 7) is 2.21. The Morgan fingerprint density at radius 1 is 0.952 bits per heavy atom. The van der Waals surface area contributed by atoms with Crippen LogP contribution in [0, 0.1) is 0 Å². The summed E-state index contributed by atoms with van der Waals surface area (Å²) >= 11 is 0. The molecular weight excluding hydrogens is 260 g/mol. The molecule has 1 aromatic heterocycles. The fourth-order valence-electron chi connectivity index (χ4n) is 2.70. The molecule has 0 saturated carbocycles. The quantitative estimate of drug-likeness (QED) is 0.771. The first-order valence-electron chi connectivity index (χ1n) is 7.00. The van der Waals surface area contributed by atoms with Crippen molar-refractivity contribution in [2.75, 3.05) is 11.5 Å². The number of nitrogens with two attached hydrogens (primary N) is 2. The van der Waals surface area contributed by atoms with E-state index in [2.05, 4.69) is 47.2 Å². The Hall–Kier alpha value is -2.62. The number of nitrogens with zero attached hydrogens (tertiary/aromatic N) is 2. The summed E-state index contributed by atoms with van der Waals surface area (Å²) in [5.41, 5.74) is 15.0. The van der Waals surface area contributed by atoms with E-state index in [0.717, 1.165) is 22.9 Å². The lowest BCUT2D eigenvalue weighted by atomic mass is 9.92. The summed E-state index contributed by atoms with van der Waals surface area (Å²) in [6.07, 6.45) is 0.888. The predicted octanol–water partition coefficient (Wildman–Crippen LogP) is 3.14. The Morgan fingerprint density at radius 3 is 2.48 bits per heavy atom. The zero-order chi connectivity index (χ0) is 14.8. The SMILES string of the molecule is CC(Cc1cccc2nc(N)nc(N)c12)c1ccccc1. The molecule has 4 heteroatoms. The van der Waals surface area contributed by atoms with E-state index in [1.807, 2.05) is 18.2 Å². The van der Waals surface area contributed by atoms with Crippen LogP contribution >= 0.6 is 0 Å². The van der Waals surface area contributed by atoms with E-state index in [1.54, 1.807) is 0 Å². The van der Waals surface area contributed by atoms with E-state index in [9.17, 15) is 0 Å². The van der Waals surface area contributed by atoms with Crippen LogP contribution in [-0.2, 0) is 6.42 Å². The van der Waals surface area contributed by atoms with Gasteiger partial charge in [0.1, 0.15) is 5.82 Å². The largest absolute Gasteiger partial charge is 0.383 e. The highest BCUT2D eigenvalue weighted by molar-refractivity contribution is 5.92. The molecule has 0 amide bonds. The molecule has 106 valence electrons. The maximum absolute atomic E-state index is 6.04. The molecule has 21 heavy (non-hydrogen) atoms. The zero-order valence-electron chi connectivity index (χ0n) is 12.0. The zero-order valence-corrected chi connectivity index (χ0v) is 12.0. The average Bonchev–Trinajstić information content (AvgIpc) is 2.47. The summed E-state index contributed by atoms with van der Waals surface area (Å²) < 4.78 is 0. The smallest absolute Gasteiger partial charge is 0.222 e. The minimum Gasteiger partial charge on any atom is -0.383 e. The van der Waals surface area contributed by atoms with E-state index < -0.39 is 0 Å². The van der Waals surface area contributed by atoms with Crippen LogP contribution in [0.3, 0.4) is 0 Å². The third kappa shape index (κ3) is 2.65. The second kappa shape index (κ2) is 5.40. The van der Waals surface area contributed by atoms with E-state index in [0.29, 0.717) is 11.7 Å². The van der Waals surface area contributed by atoms with Crippen LogP contribution in [0.4, 0.5) is 11.8 Å². The fourth-order valence-corrected chi connectivity index (χ4v) is 2.70. The molecule has 3 rings (SSSR count). The van der Waals surface area contributed by atoms with Crippen LogP contribution in [0.2, 0.25) is 0 Å². The molecule has 4 nitrogen and oxygen atoms in total. The van der Waals surface area contributed by atoms with Crippen molar-refractivity contribution in [3.05, 3.63) is 59.7 Å². The monoisotopic (exact) mass is 278 g/mol. The summed E-state index contributed by atoms with van der Waals surface area (Å²) in [6, 6.07) is 16.4. The Balaban J connectivity index is 2.01. The Bertz CT molecular complexity index is 768. The van der Waals surface area contributed by atoms with Crippen molar-refractivity contribution in [3.8, 4) is 0 Å². The number of anilines is 2. The molecule has 0 saturated heterocycles. The van der Waals surface area contributed by atoms with Gasteiger partial charge in [0.2, 0.25) is 5.95 Å². The van der Waals surface area contributed by atoms with Crippen LogP contribution in [0.5, 0.6) is 0 Å². The number of hydrogen-bond donors (Lipinski definition) is 2. The molecular formula is C17H18N4. The second-order valence-corrected chi connectivity index (χ2v) is 5.29. The van der Waals surface area contributed by atoms with Crippen molar-refractivity contribution in [2.45, 2.75) is 19.3 Å². The summed E-state index contributed by atoms with van der Waals surface area (Å²) in [7, 11) is 0. The molecule has 2 aromatic carbocycles. The summed E-state index contributed by atoms with van der Waals surface area (Å²) in [4.78, 5) is 8.35. The molecule has 1 unspecified atom stereocenters. The molecule has 0 aliphatic rings. The number of hydrogen-bond acceptors (Lipinski definition) is 4. The van der Waals surface area contributed by atoms with Gasteiger partial charge in [-0.2, -0.15) is 4.98 Å². The summed E-state index contributed by atoms with van der Waals surface area (Å²) in [5.74, 6) is 1.07. The number of rotatable bonds is 3. The number of aromatic nitrogens is 2. The predicted molar refractivity (Wildman–Crippen MR) is 86.9 cm³/mol. The second-order valence-electron chi connectivity index (χ2n) is 5.29. The third-order valence-electron chi connectivity index (χ3n) is 3.75. The molecule has 3 aromatic rings. The van der Waals surface area contributed by atoms with Crippen molar-refractivity contribution < 1.29 is 0 Å². The summed E-state index contributed by atoms with van der Waals surface area (Å²) in [5, 5.41) is 0.912. The highest BCUT2D eigenvalue weighted by Crippen LogP contribution is 2.28. The molecule has 1 heterocycles. The highest BCUT2D eigenvalue weighted by atomic mass is 15.0. The number of nitrogen functional groups attached to an aromatic ring is 2. The van der Waals surface area contributed by atoms with Gasteiger partial charge >= 0.3 is 0 Å². The van der Waals surface area contributed by atoms with E-state index in [-0.39, 0.29) is 5.95 Å². The molecule has 0 fully saturated rings. The molecule has 0 spiro atoms. The number of fused-ring (bicyclic) bond motifs is 1. The lowest BCUT2D eigenvalue weighted by molar-refractivity contribution is 0.763. The lowest BCUT2D eigenvalue weighted by Crippen LogP contribution is -2.04. The first-order valence-corrected chi connectivity index (χ1v) is 7.00.